The average Bonchev–Trinajstić information content (AvgIpc) is 2.49. The van der Waals surface area contributed by atoms with Crippen LogP contribution in [0.15, 0.2) is 23.1 Å². The van der Waals surface area contributed by atoms with Gasteiger partial charge in [-0.1, -0.05) is 5.04 Å². The van der Waals surface area contributed by atoms with Gasteiger partial charge in [-0.3, -0.25) is 0 Å². The van der Waals surface area contributed by atoms with Crippen LogP contribution in [-0.4, -0.2) is 22.6 Å². The Balaban J connectivity index is 2.41. The minimum atomic E-state index is 0.0146. The van der Waals surface area contributed by atoms with Gasteiger partial charge in [0.2, 0.25) is 5.69 Å². The van der Waals surface area contributed by atoms with Gasteiger partial charge in [-0.2, -0.15) is 0 Å². The van der Waals surface area contributed by atoms with Crippen LogP contribution < -0.4 is 0 Å². The maximum atomic E-state index is 8.15. The molecule has 0 amide bonds. The van der Waals surface area contributed by atoms with Crippen LogP contribution in [0.3, 0.4) is 0 Å². The minimum Gasteiger partial charge on any atom is -0.220 e. The Bertz CT molecular complexity index is 483. The molecule has 0 saturated heterocycles. The van der Waals surface area contributed by atoms with E-state index in [1.54, 1.807) is 0 Å². The van der Waals surface area contributed by atoms with Crippen molar-refractivity contribution in [3.05, 3.63) is 23.8 Å². The van der Waals surface area contributed by atoms with Crippen LogP contribution in [0.4, 0.5) is 5.69 Å². The highest BCUT2D eigenvalue weighted by Gasteiger charge is 2.41. The number of benzene rings is 1. The summed E-state index contributed by atoms with van der Waals surface area (Å²) in [4.78, 5) is 0.897. The fraction of sp³-hybridized carbons (Fsp3) is 0.417. The molecule has 1 N–H and O–H groups in total. The molecule has 17 heavy (non-hydrogen) atoms. The molecule has 2 rings (SSSR count). The summed E-state index contributed by atoms with van der Waals surface area (Å²) in [5.74, 6) is 0. The molecule has 0 atom stereocenters. The summed E-state index contributed by atoms with van der Waals surface area (Å²) >= 11 is 0.990. The zero-order valence-electron chi connectivity index (χ0n) is 10.4. The summed E-state index contributed by atoms with van der Waals surface area (Å²) in [6.45, 7) is 6.53. The Morgan fingerprint density at radius 3 is 2.71 bits per heavy atom. The molecule has 92 valence electrons. The third-order valence-corrected chi connectivity index (χ3v) is 4.15. The summed E-state index contributed by atoms with van der Waals surface area (Å²) in [7, 11) is 2.07. The topological polar surface area (TPSA) is 41.7 Å². The van der Waals surface area contributed by atoms with Crippen LogP contribution in [0.5, 0.6) is 0 Å². The highest BCUT2D eigenvalue weighted by molar-refractivity contribution is 7.94. The van der Waals surface area contributed by atoms with Gasteiger partial charge in [0.05, 0.1) is 17.5 Å². The van der Waals surface area contributed by atoms with Crippen molar-refractivity contribution in [3.8, 4) is 0 Å². The van der Waals surface area contributed by atoms with Gasteiger partial charge in [-0.15, -0.1) is 4.33 Å². The first-order chi connectivity index (χ1) is 7.98. The van der Waals surface area contributed by atoms with Crippen LogP contribution in [0, 0.1) is 0 Å². The largest absolute Gasteiger partial charge is 0.220 e. The summed E-state index contributed by atoms with van der Waals surface area (Å²) in [5, 5.41) is 11.8. The zero-order valence-corrected chi connectivity index (χ0v) is 11.2. The van der Waals surface area contributed by atoms with Gasteiger partial charge in [-0.05, 0) is 26.0 Å². The molecule has 4 nitrogen and oxygen atoms in total. The first-order valence-corrected chi connectivity index (χ1v) is 6.09. The number of nitrogens with zero attached hydrogens (tertiary/aromatic N) is 1. The van der Waals surface area contributed by atoms with Crippen molar-refractivity contribution in [1.29, 1.82) is 0 Å². The Morgan fingerprint density at radius 2 is 2.06 bits per heavy atom. The van der Waals surface area contributed by atoms with E-state index in [0.717, 1.165) is 16.9 Å². The summed E-state index contributed by atoms with van der Waals surface area (Å²) in [6.07, 6.45) is 0. The standard InChI is InChI=1S/C12H15NO3S/c1-8-12(2,3)10-7-9(17-16-15-14)5-6-11(10)13(8)4/h5-7H,1-4H3/p+1. The molecule has 0 fully saturated rings. The maximum absolute atomic E-state index is 8.15. The predicted octanol–water partition coefficient (Wildman–Crippen LogP) is 3.14. The van der Waals surface area contributed by atoms with Crippen LogP contribution in [0.1, 0.15) is 26.3 Å². The lowest BCUT2D eigenvalue weighted by Crippen LogP contribution is -2.25. The van der Waals surface area contributed by atoms with Gasteiger partial charge in [0, 0.05) is 23.4 Å². The monoisotopic (exact) mass is 254 g/mol. The van der Waals surface area contributed by atoms with Gasteiger partial charge in [0.15, 0.2) is 5.71 Å². The molecule has 1 aromatic rings. The van der Waals surface area contributed by atoms with Crippen LogP contribution in [0.25, 0.3) is 0 Å². The smallest absolute Gasteiger partial charge is 0.209 e. The molecule has 0 aromatic heterocycles. The van der Waals surface area contributed by atoms with Crippen LogP contribution in [0.2, 0.25) is 0 Å². The Kier molecular flexibility index (Phi) is 3.27. The lowest BCUT2D eigenvalue weighted by Gasteiger charge is -2.15. The molecule has 0 unspecified atom stereocenters. The Hall–Kier alpha value is -0.880. The highest BCUT2D eigenvalue weighted by atomic mass is 32.2. The van der Waals surface area contributed by atoms with E-state index in [4.69, 9.17) is 5.26 Å². The average molecular weight is 254 g/mol. The summed E-state index contributed by atoms with van der Waals surface area (Å²) < 4.78 is 6.65. The van der Waals surface area contributed by atoms with E-state index in [0.29, 0.717) is 0 Å². The maximum Gasteiger partial charge on any atom is 0.209 e. The zero-order chi connectivity index (χ0) is 12.6. The molecular formula is C12H16NO3S+. The van der Waals surface area contributed by atoms with Crippen molar-refractivity contribution in [2.75, 3.05) is 7.05 Å². The first kappa shape index (κ1) is 12.6. The lowest BCUT2D eigenvalue weighted by molar-refractivity contribution is -0.432. The fourth-order valence-electron chi connectivity index (χ4n) is 2.21. The molecule has 0 saturated carbocycles. The fourth-order valence-corrected chi connectivity index (χ4v) is 2.61. The van der Waals surface area contributed by atoms with E-state index < -0.39 is 0 Å². The molecule has 0 aliphatic carbocycles. The van der Waals surface area contributed by atoms with E-state index >= 15 is 0 Å². The third kappa shape index (κ3) is 1.99. The summed E-state index contributed by atoms with van der Waals surface area (Å²) in [5.41, 5.74) is 3.79. The van der Waals surface area contributed by atoms with Gasteiger partial charge >= 0.3 is 0 Å². The van der Waals surface area contributed by atoms with Crippen molar-refractivity contribution in [1.82, 2.24) is 0 Å². The Morgan fingerprint density at radius 1 is 1.35 bits per heavy atom. The molecule has 1 heterocycles. The molecule has 1 aromatic carbocycles. The second-order valence-electron chi connectivity index (χ2n) is 4.67. The predicted molar refractivity (Wildman–Crippen MR) is 66.6 cm³/mol. The molecule has 5 heteroatoms. The van der Waals surface area contributed by atoms with Crippen molar-refractivity contribution in [2.45, 2.75) is 31.1 Å². The molecule has 1 aliphatic rings. The second kappa shape index (κ2) is 4.42. The highest BCUT2D eigenvalue weighted by Crippen LogP contribution is 2.40. The number of rotatable bonds is 3. The van der Waals surface area contributed by atoms with Gasteiger partial charge in [0.25, 0.3) is 0 Å². The number of fused-ring (bicyclic) bond motifs is 1. The van der Waals surface area contributed by atoms with Crippen molar-refractivity contribution in [3.63, 3.8) is 0 Å². The van der Waals surface area contributed by atoms with Crippen molar-refractivity contribution >= 4 is 23.4 Å². The quantitative estimate of drug-likeness (QED) is 0.389. The van der Waals surface area contributed by atoms with E-state index in [2.05, 4.69) is 53.9 Å². The molecule has 0 spiro atoms. The van der Waals surface area contributed by atoms with Gasteiger partial charge in [0.1, 0.15) is 7.05 Å². The second-order valence-corrected chi connectivity index (χ2v) is 5.45. The molecular weight excluding hydrogens is 238 g/mol. The normalized spacial score (nSPS) is 17.5. The van der Waals surface area contributed by atoms with Crippen LogP contribution >= 0.6 is 12.0 Å². The number of hydrogen-bond donors (Lipinski definition) is 1. The summed E-state index contributed by atoms with van der Waals surface area (Å²) in [6, 6.07) is 6.05. The van der Waals surface area contributed by atoms with E-state index in [-0.39, 0.29) is 5.41 Å². The first-order valence-electron chi connectivity index (χ1n) is 5.35. The van der Waals surface area contributed by atoms with Gasteiger partial charge in [-0.25, -0.2) is 9.83 Å². The van der Waals surface area contributed by atoms with E-state index in [1.165, 1.54) is 17.0 Å². The van der Waals surface area contributed by atoms with Crippen molar-refractivity contribution < 1.29 is 19.2 Å². The van der Waals surface area contributed by atoms with Gasteiger partial charge < -0.3 is 0 Å². The molecule has 0 radical (unpaired) electrons. The third-order valence-electron chi connectivity index (χ3n) is 3.57. The van der Waals surface area contributed by atoms with E-state index in [9.17, 15) is 0 Å². The molecule has 1 aliphatic heterocycles. The SMILES string of the molecule is CC1=[N+](C)c2ccc(SOOO)cc2C1(C)C. The van der Waals surface area contributed by atoms with Crippen molar-refractivity contribution in [2.24, 2.45) is 0 Å². The van der Waals surface area contributed by atoms with Crippen LogP contribution in [-0.2, 0) is 14.8 Å². The minimum absolute atomic E-state index is 0.0146. The van der Waals surface area contributed by atoms with E-state index in [1.807, 2.05) is 6.07 Å². The molecule has 0 bridgehead atoms. The lowest BCUT2D eigenvalue weighted by atomic mass is 9.82. The number of hydrogen-bond acceptors (Lipinski definition) is 4. The Labute approximate surface area is 105 Å².